The first kappa shape index (κ1) is 14.6. The summed E-state index contributed by atoms with van der Waals surface area (Å²) in [6.45, 7) is 0.798. The van der Waals surface area contributed by atoms with E-state index >= 15 is 0 Å². The number of thioether (sulfide) groups is 1. The molecule has 0 bridgehead atoms. The zero-order valence-electron chi connectivity index (χ0n) is 12.2. The highest BCUT2D eigenvalue weighted by atomic mass is 32.2. The number of aliphatic hydroxyl groups is 1. The van der Waals surface area contributed by atoms with Crippen LogP contribution in [0, 0.1) is 0 Å². The van der Waals surface area contributed by atoms with E-state index in [2.05, 4.69) is 48.5 Å². The highest BCUT2D eigenvalue weighted by molar-refractivity contribution is 8.00. The number of aliphatic hydroxyl groups excluding tert-OH is 1. The van der Waals surface area contributed by atoms with Crippen LogP contribution in [0.15, 0.2) is 48.5 Å². The van der Waals surface area contributed by atoms with Gasteiger partial charge in [0.15, 0.2) is 0 Å². The van der Waals surface area contributed by atoms with Crippen molar-refractivity contribution in [1.29, 1.82) is 0 Å². The lowest BCUT2D eigenvalue weighted by atomic mass is 9.77. The molecule has 21 heavy (non-hydrogen) atoms. The van der Waals surface area contributed by atoms with Crippen molar-refractivity contribution in [3.63, 3.8) is 0 Å². The van der Waals surface area contributed by atoms with Crippen LogP contribution in [0.1, 0.15) is 22.3 Å². The van der Waals surface area contributed by atoms with Gasteiger partial charge in [0.2, 0.25) is 0 Å². The molecular weight excluding hydrogens is 280 g/mol. The van der Waals surface area contributed by atoms with Gasteiger partial charge in [0.1, 0.15) is 0 Å². The molecule has 0 aliphatic heterocycles. The predicted molar refractivity (Wildman–Crippen MR) is 87.9 cm³/mol. The molecule has 0 radical (unpaired) electrons. The number of ether oxygens (including phenoxy) is 1. The third kappa shape index (κ3) is 2.50. The summed E-state index contributed by atoms with van der Waals surface area (Å²) in [5.41, 5.74) is 5.37. The molecule has 1 aliphatic carbocycles. The molecule has 0 saturated carbocycles. The van der Waals surface area contributed by atoms with Gasteiger partial charge in [0.05, 0.1) is 18.0 Å². The minimum Gasteiger partial charge on any atom is -0.396 e. The van der Waals surface area contributed by atoms with Crippen molar-refractivity contribution < 1.29 is 9.84 Å². The van der Waals surface area contributed by atoms with Crippen LogP contribution >= 0.6 is 11.8 Å². The lowest BCUT2D eigenvalue weighted by Gasteiger charge is -2.40. The summed E-state index contributed by atoms with van der Waals surface area (Å²) in [7, 11) is 1.75. The fourth-order valence-corrected chi connectivity index (χ4v) is 4.61. The van der Waals surface area contributed by atoms with Crippen LogP contribution in [0.2, 0.25) is 0 Å². The average Bonchev–Trinajstić information content (AvgIpc) is 2.53. The van der Waals surface area contributed by atoms with Crippen LogP contribution in [0.5, 0.6) is 0 Å². The summed E-state index contributed by atoms with van der Waals surface area (Å²) in [5, 5.41) is 9.31. The Hall–Kier alpha value is -1.29. The van der Waals surface area contributed by atoms with Crippen molar-refractivity contribution in [2.75, 3.05) is 26.1 Å². The van der Waals surface area contributed by atoms with Gasteiger partial charge >= 0.3 is 0 Å². The van der Waals surface area contributed by atoms with Crippen LogP contribution in [-0.2, 0) is 15.9 Å². The molecule has 0 amide bonds. The van der Waals surface area contributed by atoms with Crippen molar-refractivity contribution in [2.45, 2.75) is 11.2 Å². The molecule has 0 heterocycles. The molecule has 3 heteroatoms. The lowest BCUT2D eigenvalue weighted by Crippen LogP contribution is -2.35. The van der Waals surface area contributed by atoms with Crippen LogP contribution in [0.25, 0.3) is 0 Å². The Morgan fingerprint density at radius 3 is 2.14 bits per heavy atom. The van der Waals surface area contributed by atoms with E-state index in [0.29, 0.717) is 12.4 Å². The third-order valence-electron chi connectivity index (χ3n) is 4.07. The Morgan fingerprint density at radius 1 is 1.05 bits per heavy atom. The molecule has 0 atom stereocenters. The van der Waals surface area contributed by atoms with Crippen LogP contribution in [-0.4, -0.2) is 31.2 Å². The maximum absolute atomic E-state index is 9.31. The molecule has 2 aromatic rings. The van der Waals surface area contributed by atoms with Crippen molar-refractivity contribution in [1.82, 2.24) is 0 Å². The summed E-state index contributed by atoms with van der Waals surface area (Å²) in [4.78, 5) is 0. The SMILES string of the molecule is COCC1(SCCO)c2ccccc2Cc2ccccc21. The van der Waals surface area contributed by atoms with E-state index < -0.39 is 0 Å². The molecule has 3 rings (SSSR count). The first-order valence-corrected chi connectivity index (χ1v) is 8.21. The zero-order valence-corrected chi connectivity index (χ0v) is 13.0. The van der Waals surface area contributed by atoms with E-state index in [1.165, 1.54) is 22.3 Å². The summed E-state index contributed by atoms with van der Waals surface area (Å²) >= 11 is 1.78. The number of benzene rings is 2. The van der Waals surface area contributed by atoms with Gasteiger partial charge in [-0.3, -0.25) is 0 Å². The topological polar surface area (TPSA) is 29.5 Å². The van der Waals surface area contributed by atoms with E-state index in [0.717, 1.165) is 6.42 Å². The highest BCUT2D eigenvalue weighted by Crippen LogP contribution is 2.49. The molecule has 0 aromatic heterocycles. The number of rotatable bonds is 5. The summed E-state index contributed by atoms with van der Waals surface area (Å²) in [5.74, 6) is 0.700. The van der Waals surface area contributed by atoms with Gasteiger partial charge in [0.25, 0.3) is 0 Å². The van der Waals surface area contributed by atoms with E-state index in [1.54, 1.807) is 18.9 Å². The van der Waals surface area contributed by atoms with Crippen molar-refractivity contribution >= 4 is 11.8 Å². The van der Waals surface area contributed by atoms with E-state index in [-0.39, 0.29) is 11.4 Å². The van der Waals surface area contributed by atoms with Crippen LogP contribution < -0.4 is 0 Å². The first-order chi connectivity index (χ1) is 10.3. The number of methoxy groups -OCH3 is 1. The molecule has 110 valence electrons. The molecular formula is C18H20O2S. The quantitative estimate of drug-likeness (QED) is 0.919. The maximum atomic E-state index is 9.31. The number of hydrogen-bond donors (Lipinski definition) is 1. The Balaban J connectivity index is 2.20. The Morgan fingerprint density at radius 2 is 1.62 bits per heavy atom. The second-order valence-corrected chi connectivity index (χ2v) is 6.72. The Kier molecular flexibility index (Phi) is 4.34. The van der Waals surface area contributed by atoms with Gasteiger partial charge < -0.3 is 9.84 Å². The van der Waals surface area contributed by atoms with Crippen LogP contribution in [0.3, 0.4) is 0 Å². The predicted octanol–water partition coefficient (Wildman–Crippen LogP) is 3.21. The maximum Gasteiger partial charge on any atom is 0.0896 e. The van der Waals surface area contributed by atoms with E-state index in [1.807, 2.05) is 0 Å². The zero-order chi connectivity index (χ0) is 14.7. The van der Waals surface area contributed by atoms with Gasteiger partial charge in [0, 0.05) is 12.9 Å². The monoisotopic (exact) mass is 300 g/mol. The largest absolute Gasteiger partial charge is 0.396 e. The van der Waals surface area contributed by atoms with Gasteiger partial charge in [-0.15, -0.1) is 11.8 Å². The fraction of sp³-hybridized carbons (Fsp3) is 0.333. The van der Waals surface area contributed by atoms with Gasteiger partial charge in [-0.25, -0.2) is 0 Å². The highest BCUT2D eigenvalue weighted by Gasteiger charge is 2.40. The Bertz CT molecular complexity index is 579. The standard InChI is InChI=1S/C18H20O2S/c1-20-13-18(21-11-10-19)16-8-4-2-6-14(16)12-15-7-3-5-9-17(15)18/h2-9,19H,10-13H2,1H3. The first-order valence-electron chi connectivity index (χ1n) is 7.22. The van der Waals surface area contributed by atoms with Gasteiger partial charge in [-0.2, -0.15) is 0 Å². The minimum atomic E-state index is -0.219. The van der Waals surface area contributed by atoms with Crippen LogP contribution in [0.4, 0.5) is 0 Å². The smallest absolute Gasteiger partial charge is 0.0896 e. The molecule has 1 N–H and O–H groups in total. The minimum absolute atomic E-state index is 0.181. The van der Waals surface area contributed by atoms with E-state index in [4.69, 9.17) is 4.74 Å². The summed E-state index contributed by atoms with van der Waals surface area (Å²) < 4.78 is 5.37. The normalized spacial score (nSPS) is 15.3. The lowest BCUT2D eigenvalue weighted by molar-refractivity contribution is 0.178. The van der Waals surface area contributed by atoms with Gasteiger partial charge in [-0.05, 0) is 28.7 Å². The fourth-order valence-electron chi connectivity index (χ4n) is 3.26. The average molecular weight is 300 g/mol. The molecule has 0 saturated heterocycles. The van der Waals surface area contributed by atoms with Gasteiger partial charge in [-0.1, -0.05) is 48.5 Å². The van der Waals surface area contributed by atoms with Crippen molar-refractivity contribution in [3.05, 3.63) is 70.8 Å². The molecule has 1 aliphatic rings. The second kappa shape index (κ2) is 6.22. The summed E-state index contributed by atoms with van der Waals surface area (Å²) in [6, 6.07) is 17.2. The molecule has 0 fully saturated rings. The molecule has 2 aromatic carbocycles. The van der Waals surface area contributed by atoms with Crippen molar-refractivity contribution in [3.8, 4) is 0 Å². The van der Waals surface area contributed by atoms with E-state index in [9.17, 15) is 5.11 Å². The number of fused-ring (bicyclic) bond motifs is 2. The third-order valence-corrected chi connectivity index (χ3v) is 5.51. The number of hydrogen-bond acceptors (Lipinski definition) is 3. The van der Waals surface area contributed by atoms with Crippen molar-refractivity contribution in [2.24, 2.45) is 0 Å². The molecule has 2 nitrogen and oxygen atoms in total. The summed E-state index contributed by atoms with van der Waals surface area (Å²) in [6.07, 6.45) is 0.970. The Labute approximate surface area is 130 Å². The molecule has 0 unspecified atom stereocenters. The molecule has 0 spiro atoms. The second-order valence-electron chi connectivity index (χ2n) is 5.32.